The van der Waals surface area contributed by atoms with Crippen LogP contribution in [0.4, 0.5) is 0 Å². The van der Waals surface area contributed by atoms with E-state index in [-0.39, 0.29) is 0 Å². The Kier molecular flexibility index (Phi) is 10.6. The number of benzene rings is 1. The summed E-state index contributed by atoms with van der Waals surface area (Å²) in [6.07, 6.45) is 10.3. The Morgan fingerprint density at radius 1 is 1.00 bits per heavy atom. The van der Waals surface area contributed by atoms with Crippen LogP contribution in [0.5, 0.6) is 5.75 Å². The molecule has 0 unspecified atom stereocenters. The van der Waals surface area contributed by atoms with Crippen molar-refractivity contribution < 1.29 is 19.1 Å². The first-order valence-corrected chi connectivity index (χ1v) is 9.23. The number of carbonyl (C=O) groups is 2. The molecule has 138 valence electrons. The van der Waals surface area contributed by atoms with Crippen molar-refractivity contribution >= 4 is 23.5 Å². The first-order valence-electron chi connectivity index (χ1n) is 8.85. The van der Waals surface area contributed by atoms with Crippen molar-refractivity contribution in [2.24, 2.45) is 0 Å². The molecule has 0 saturated carbocycles. The normalized spacial score (nSPS) is 10.8. The molecule has 0 saturated heterocycles. The Morgan fingerprint density at radius 3 is 2.32 bits per heavy atom. The maximum Gasteiger partial charge on any atom is 0.336 e. The molecular formula is C20H27ClO4. The SMILES string of the molecule is CCCCCCCCCOC(=O)/C=C/C(=O)Oc1ccc(Cl)c(C)c1. The minimum atomic E-state index is -0.630. The lowest BCUT2D eigenvalue weighted by atomic mass is 10.1. The van der Waals surface area contributed by atoms with Crippen molar-refractivity contribution in [2.45, 2.75) is 58.8 Å². The fourth-order valence-electron chi connectivity index (χ4n) is 2.25. The Balaban J connectivity index is 2.18. The molecule has 1 rings (SSSR count). The van der Waals surface area contributed by atoms with Crippen LogP contribution in [0.3, 0.4) is 0 Å². The average molecular weight is 367 g/mol. The van der Waals surface area contributed by atoms with E-state index in [1.807, 2.05) is 6.92 Å². The van der Waals surface area contributed by atoms with Crippen molar-refractivity contribution in [3.63, 3.8) is 0 Å². The predicted molar refractivity (Wildman–Crippen MR) is 99.9 cm³/mol. The van der Waals surface area contributed by atoms with Crippen LogP contribution in [0.25, 0.3) is 0 Å². The van der Waals surface area contributed by atoms with E-state index < -0.39 is 11.9 Å². The maximum absolute atomic E-state index is 11.7. The highest BCUT2D eigenvalue weighted by Gasteiger charge is 2.04. The van der Waals surface area contributed by atoms with E-state index in [1.165, 1.54) is 32.1 Å². The lowest BCUT2D eigenvalue weighted by molar-refractivity contribution is -0.138. The van der Waals surface area contributed by atoms with Crippen LogP contribution >= 0.6 is 11.6 Å². The van der Waals surface area contributed by atoms with Crippen LogP contribution < -0.4 is 4.74 Å². The first kappa shape index (κ1) is 21.2. The molecular weight excluding hydrogens is 340 g/mol. The molecule has 4 nitrogen and oxygen atoms in total. The quantitative estimate of drug-likeness (QED) is 0.227. The van der Waals surface area contributed by atoms with Gasteiger partial charge in [0, 0.05) is 17.2 Å². The Bertz CT molecular complexity index is 581. The van der Waals surface area contributed by atoms with Crippen molar-refractivity contribution in [3.05, 3.63) is 40.9 Å². The summed E-state index contributed by atoms with van der Waals surface area (Å²) < 4.78 is 10.2. The van der Waals surface area contributed by atoms with E-state index in [0.29, 0.717) is 17.4 Å². The number of hydrogen-bond acceptors (Lipinski definition) is 4. The largest absolute Gasteiger partial charge is 0.463 e. The van der Waals surface area contributed by atoms with Gasteiger partial charge in [-0.2, -0.15) is 0 Å². The minimum absolute atomic E-state index is 0.377. The number of aryl methyl sites for hydroxylation is 1. The van der Waals surface area contributed by atoms with Crippen LogP contribution in [-0.4, -0.2) is 18.5 Å². The zero-order chi connectivity index (χ0) is 18.5. The van der Waals surface area contributed by atoms with Crippen molar-refractivity contribution in [1.82, 2.24) is 0 Å². The average Bonchev–Trinajstić information content (AvgIpc) is 2.58. The number of ether oxygens (including phenoxy) is 2. The molecule has 0 fully saturated rings. The third-order valence-corrected chi connectivity index (χ3v) is 4.12. The molecule has 0 amide bonds. The number of esters is 2. The topological polar surface area (TPSA) is 52.6 Å². The number of hydrogen-bond donors (Lipinski definition) is 0. The minimum Gasteiger partial charge on any atom is -0.463 e. The molecule has 0 radical (unpaired) electrons. The van der Waals surface area contributed by atoms with E-state index in [2.05, 4.69) is 6.92 Å². The van der Waals surface area contributed by atoms with E-state index in [1.54, 1.807) is 18.2 Å². The molecule has 0 heterocycles. The lowest BCUT2D eigenvalue weighted by Crippen LogP contribution is -2.07. The number of rotatable bonds is 11. The zero-order valence-corrected chi connectivity index (χ0v) is 15.8. The second kappa shape index (κ2) is 12.5. The molecule has 25 heavy (non-hydrogen) atoms. The molecule has 0 N–H and O–H groups in total. The standard InChI is InChI=1S/C20H27ClO4/c1-3-4-5-6-7-8-9-14-24-19(22)12-13-20(23)25-17-10-11-18(21)16(2)15-17/h10-13,15H,3-9,14H2,1-2H3/b13-12+. The summed E-state index contributed by atoms with van der Waals surface area (Å²) in [7, 11) is 0. The molecule has 1 aromatic rings. The van der Waals surface area contributed by atoms with Gasteiger partial charge in [-0.15, -0.1) is 0 Å². The lowest BCUT2D eigenvalue weighted by Gasteiger charge is -2.04. The molecule has 5 heteroatoms. The van der Waals surface area contributed by atoms with Crippen LogP contribution in [0, 0.1) is 6.92 Å². The van der Waals surface area contributed by atoms with Crippen molar-refractivity contribution in [1.29, 1.82) is 0 Å². The Hall–Kier alpha value is -1.81. The summed E-state index contributed by atoms with van der Waals surface area (Å²) in [5, 5.41) is 0.601. The van der Waals surface area contributed by atoms with E-state index in [4.69, 9.17) is 21.1 Å². The van der Waals surface area contributed by atoms with Gasteiger partial charge in [0.2, 0.25) is 0 Å². The van der Waals surface area contributed by atoms with Gasteiger partial charge in [0.15, 0.2) is 0 Å². The molecule has 0 aromatic heterocycles. The molecule has 1 aromatic carbocycles. The summed E-state index contributed by atoms with van der Waals surface area (Å²) >= 11 is 5.91. The van der Waals surface area contributed by atoms with Gasteiger partial charge in [-0.25, -0.2) is 9.59 Å². The maximum atomic E-state index is 11.7. The summed E-state index contributed by atoms with van der Waals surface area (Å²) in [6, 6.07) is 4.91. The number of carbonyl (C=O) groups excluding carboxylic acids is 2. The van der Waals surface area contributed by atoms with Gasteiger partial charge in [0.05, 0.1) is 6.61 Å². The van der Waals surface area contributed by atoms with Gasteiger partial charge < -0.3 is 9.47 Å². The van der Waals surface area contributed by atoms with Crippen LogP contribution in [0.15, 0.2) is 30.4 Å². The van der Waals surface area contributed by atoms with Gasteiger partial charge in [-0.1, -0.05) is 57.0 Å². The fourth-order valence-corrected chi connectivity index (χ4v) is 2.36. The van der Waals surface area contributed by atoms with Gasteiger partial charge >= 0.3 is 11.9 Å². The number of unbranched alkanes of at least 4 members (excludes halogenated alkanes) is 6. The van der Waals surface area contributed by atoms with Gasteiger partial charge in [-0.05, 0) is 37.1 Å². The smallest absolute Gasteiger partial charge is 0.336 e. The zero-order valence-electron chi connectivity index (χ0n) is 15.1. The Morgan fingerprint density at radius 2 is 1.64 bits per heavy atom. The second-order valence-corrected chi connectivity index (χ2v) is 6.36. The summed E-state index contributed by atoms with van der Waals surface area (Å²) in [4.78, 5) is 23.2. The van der Waals surface area contributed by atoms with E-state index in [0.717, 1.165) is 30.6 Å². The fraction of sp³-hybridized carbons (Fsp3) is 0.500. The molecule has 0 aliphatic heterocycles. The molecule has 0 spiro atoms. The number of halogens is 1. The summed E-state index contributed by atoms with van der Waals surface area (Å²) in [6.45, 7) is 4.39. The van der Waals surface area contributed by atoms with Crippen molar-refractivity contribution in [3.8, 4) is 5.75 Å². The Labute approximate surface area is 155 Å². The predicted octanol–water partition coefficient (Wildman–Crippen LogP) is 5.40. The third kappa shape index (κ3) is 9.92. The molecule has 0 aliphatic carbocycles. The highest BCUT2D eigenvalue weighted by atomic mass is 35.5. The first-order chi connectivity index (χ1) is 12.0. The van der Waals surface area contributed by atoms with Crippen LogP contribution in [0.2, 0.25) is 5.02 Å². The molecule has 0 aliphatic rings. The molecule has 0 atom stereocenters. The summed E-state index contributed by atoms with van der Waals surface area (Å²) in [5.41, 5.74) is 0.810. The van der Waals surface area contributed by atoms with Gasteiger partial charge in [0.1, 0.15) is 5.75 Å². The highest BCUT2D eigenvalue weighted by molar-refractivity contribution is 6.31. The third-order valence-electron chi connectivity index (χ3n) is 3.70. The van der Waals surface area contributed by atoms with Crippen LogP contribution in [0.1, 0.15) is 57.4 Å². The van der Waals surface area contributed by atoms with Crippen LogP contribution in [-0.2, 0) is 14.3 Å². The van der Waals surface area contributed by atoms with E-state index >= 15 is 0 Å². The summed E-state index contributed by atoms with van der Waals surface area (Å²) in [5.74, 6) is -0.780. The van der Waals surface area contributed by atoms with Gasteiger partial charge in [0.25, 0.3) is 0 Å². The van der Waals surface area contributed by atoms with Gasteiger partial charge in [-0.3, -0.25) is 0 Å². The van der Waals surface area contributed by atoms with Crippen molar-refractivity contribution in [2.75, 3.05) is 6.61 Å². The van der Waals surface area contributed by atoms with E-state index in [9.17, 15) is 9.59 Å². The molecule has 0 bridgehead atoms. The second-order valence-electron chi connectivity index (χ2n) is 5.95. The highest BCUT2D eigenvalue weighted by Crippen LogP contribution is 2.21. The monoisotopic (exact) mass is 366 g/mol.